The van der Waals surface area contributed by atoms with E-state index in [0.717, 1.165) is 50.8 Å². The van der Waals surface area contributed by atoms with Gasteiger partial charge in [-0.3, -0.25) is 14.6 Å². The molecule has 1 aliphatic heterocycles. The normalized spacial score (nSPS) is 16.0. The van der Waals surface area contributed by atoms with Crippen molar-refractivity contribution in [3.63, 3.8) is 0 Å². The summed E-state index contributed by atoms with van der Waals surface area (Å²) in [6.45, 7) is 12.5. The Bertz CT molecular complexity index is 746. The molecule has 1 amide bonds. The Kier molecular flexibility index (Phi) is 6.06. The van der Waals surface area contributed by atoms with Crippen LogP contribution in [-0.2, 0) is 11.3 Å². The second-order valence-corrected chi connectivity index (χ2v) is 7.13. The second kappa shape index (κ2) is 8.47. The van der Waals surface area contributed by atoms with Gasteiger partial charge >= 0.3 is 0 Å². The lowest BCUT2D eigenvalue weighted by molar-refractivity contribution is -0.117. The lowest BCUT2D eigenvalue weighted by Gasteiger charge is -2.34. The average molecular weight is 355 g/mol. The van der Waals surface area contributed by atoms with Crippen LogP contribution < -0.4 is 5.32 Å². The highest BCUT2D eigenvalue weighted by Gasteiger charge is 2.19. The number of carbonyl (C=O) groups excluding carboxylic acids is 1. The number of hydrogen-bond donors (Lipinski definition) is 1. The van der Waals surface area contributed by atoms with Crippen molar-refractivity contribution >= 4 is 11.6 Å². The van der Waals surface area contributed by atoms with Gasteiger partial charge in [0.15, 0.2) is 0 Å². The summed E-state index contributed by atoms with van der Waals surface area (Å²) in [6.07, 6.45) is 3.88. The van der Waals surface area contributed by atoms with Crippen LogP contribution in [0.3, 0.4) is 0 Å². The van der Waals surface area contributed by atoms with Crippen LogP contribution in [0.25, 0.3) is 0 Å². The Morgan fingerprint density at radius 3 is 2.42 bits per heavy atom. The Labute approximate surface area is 155 Å². The molecule has 0 radical (unpaired) electrons. The molecular weight excluding hydrogens is 326 g/mol. The van der Waals surface area contributed by atoms with Crippen LogP contribution in [0.15, 0.2) is 30.6 Å². The summed E-state index contributed by atoms with van der Waals surface area (Å²) in [4.78, 5) is 21.2. The van der Waals surface area contributed by atoms with E-state index in [4.69, 9.17) is 0 Å². The van der Waals surface area contributed by atoms with Crippen molar-refractivity contribution in [2.75, 3.05) is 44.6 Å². The fraction of sp³-hybridized carbons (Fsp3) is 0.500. The van der Waals surface area contributed by atoms with E-state index in [9.17, 15) is 4.79 Å². The zero-order chi connectivity index (χ0) is 18.5. The van der Waals surface area contributed by atoms with Crippen molar-refractivity contribution in [3.8, 4) is 0 Å². The van der Waals surface area contributed by atoms with Gasteiger partial charge in [0.25, 0.3) is 0 Å². The maximum absolute atomic E-state index is 12.3. The van der Waals surface area contributed by atoms with Crippen LogP contribution in [0.5, 0.6) is 0 Å². The van der Waals surface area contributed by atoms with Crippen LogP contribution in [0.1, 0.15) is 17.0 Å². The maximum atomic E-state index is 12.3. The van der Waals surface area contributed by atoms with Gasteiger partial charge in [-0.05, 0) is 44.0 Å². The van der Waals surface area contributed by atoms with Crippen LogP contribution in [0, 0.1) is 20.8 Å². The quantitative estimate of drug-likeness (QED) is 0.862. The number of rotatable bonds is 6. The van der Waals surface area contributed by atoms with Crippen molar-refractivity contribution in [1.29, 1.82) is 0 Å². The predicted octanol–water partition coefficient (Wildman–Crippen LogP) is 2.06. The standard InChI is InChI=1S/C20H29N5O/c1-16-4-5-19(14-17(16)2)22-20(26)15-24-10-8-23(9-11-24)12-13-25-7-6-21-18(25)3/h4-7,14H,8-13,15H2,1-3H3,(H,22,26). The van der Waals surface area contributed by atoms with E-state index < -0.39 is 0 Å². The fourth-order valence-corrected chi connectivity index (χ4v) is 3.28. The Hall–Kier alpha value is -2.18. The summed E-state index contributed by atoms with van der Waals surface area (Å²) in [5.74, 6) is 1.13. The van der Waals surface area contributed by atoms with Crippen molar-refractivity contribution in [2.24, 2.45) is 0 Å². The molecule has 1 saturated heterocycles. The highest BCUT2D eigenvalue weighted by molar-refractivity contribution is 5.92. The number of aromatic nitrogens is 2. The molecule has 26 heavy (non-hydrogen) atoms. The summed E-state index contributed by atoms with van der Waals surface area (Å²) in [7, 11) is 0. The van der Waals surface area contributed by atoms with E-state index in [2.05, 4.69) is 38.5 Å². The molecule has 0 saturated carbocycles. The number of anilines is 1. The summed E-state index contributed by atoms with van der Waals surface area (Å²) in [6, 6.07) is 6.05. The topological polar surface area (TPSA) is 53.4 Å². The number of hydrogen-bond acceptors (Lipinski definition) is 4. The smallest absolute Gasteiger partial charge is 0.238 e. The zero-order valence-electron chi connectivity index (χ0n) is 16.0. The van der Waals surface area contributed by atoms with Gasteiger partial charge in [0, 0.05) is 57.3 Å². The number of benzene rings is 1. The van der Waals surface area contributed by atoms with Crippen molar-refractivity contribution in [3.05, 3.63) is 47.5 Å². The molecular formula is C20H29N5O. The van der Waals surface area contributed by atoms with Crippen molar-refractivity contribution in [2.45, 2.75) is 27.3 Å². The number of nitrogens with zero attached hydrogens (tertiary/aromatic N) is 4. The highest BCUT2D eigenvalue weighted by atomic mass is 16.2. The lowest BCUT2D eigenvalue weighted by atomic mass is 10.1. The SMILES string of the molecule is Cc1ccc(NC(=O)CN2CCN(CCn3ccnc3C)CC2)cc1C. The molecule has 0 atom stereocenters. The molecule has 1 fully saturated rings. The Morgan fingerprint density at radius 1 is 1.04 bits per heavy atom. The molecule has 140 valence electrons. The van der Waals surface area contributed by atoms with Gasteiger partial charge in [-0.1, -0.05) is 6.07 Å². The monoisotopic (exact) mass is 355 g/mol. The molecule has 6 heteroatoms. The minimum atomic E-state index is 0.0655. The third kappa shape index (κ3) is 4.93. The summed E-state index contributed by atoms with van der Waals surface area (Å²) >= 11 is 0. The van der Waals surface area contributed by atoms with Gasteiger partial charge in [-0.15, -0.1) is 0 Å². The first-order valence-corrected chi connectivity index (χ1v) is 9.31. The molecule has 1 aromatic heterocycles. The van der Waals surface area contributed by atoms with Gasteiger partial charge < -0.3 is 9.88 Å². The number of aryl methyl sites for hydroxylation is 3. The average Bonchev–Trinajstić information content (AvgIpc) is 3.02. The van der Waals surface area contributed by atoms with Crippen LogP contribution in [0.2, 0.25) is 0 Å². The van der Waals surface area contributed by atoms with Crippen molar-refractivity contribution < 1.29 is 4.79 Å². The van der Waals surface area contributed by atoms with E-state index in [1.54, 1.807) is 0 Å². The molecule has 1 aromatic carbocycles. The third-order valence-corrected chi connectivity index (χ3v) is 5.20. The number of imidazole rings is 1. The van der Waals surface area contributed by atoms with E-state index in [1.165, 1.54) is 11.1 Å². The number of carbonyl (C=O) groups is 1. The fourth-order valence-electron chi connectivity index (χ4n) is 3.28. The number of piperazine rings is 1. The molecule has 0 spiro atoms. The van der Waals surface area contributed by atoms with E-state index in [0.29, 0.717) is 6.54 Å². The summed E-state index contributed by atoms with van der Waals surface area (Å²) < 4.78 is 2.18. The van der Waals surface area contributed by atoms with Gasteiger partial charge in [-0.2, -0.15) is 0 Å². The molecule has 1 aliphatic rings. The molecule has 0 aliphatic carbocycles. The molecule has 3 rings (SSSR count). The van der Waals surface area contributed by atoms with Gasteiger partial charge in [0.2, 0.25) is 5.91 Å². The minimum absolute atomic E-state index is 0.0655. The first kappa shape index (κ1) is 18.6. The minimum Gasteiger partial charge on any atom is -0.334 e. The van der Waals surface area contributed by atoms with E-state index >= 15 is 0 Å². The predicted molar refractivity (Wildman–Crippen MR) is 104 cm³/mol. The molecule has 1 N–H and O–H groups in total. The third-order valence-electron chi connectivity index (χ3n) is 5.20. The Morgan fingerprint density at radius 2 is 1.77 bits per heavy atom. The number of amides is 1. The van der Waals surface area contributed by atoms with Crippen LogP contribution in [0.4, 0.5) is 5.69 Å². The summed E-state index contributed by atoms with van der Waals surface area (Å²) in [5.41, 5.74) is 3.32. The second-order valence-electron chi connectivity index (χ2n) is 7.13. The lowest BCUT2D eigenvalue weighted by Crippen LogP contribution is -2.49. The van der Waals surface area contributed by atoms with E-state index in [1.807, 2.05) is 37.5 Å². The zero-order valence-corrected chi connectivity index (χ0v) is 16.0. The first-order chi connectivity index (χ1) is 12.5. The molecule has 2 aromatic rings. The maximum Gasteiger partial charge on any atom is 0.238 e. The molecule has 2 heterocycles. The number of nitrogens with one attached hydrogen (secondary N) is 1. The van der Waals surface area contributed by atoms with Gasteiger partial charge in [0.05, 0.1) is 6.54 Å². The summed E-state index contributed by atoms with van der Waals surface area (Å²) in [5, 5.41) is 3.01. The van der Waals surface area contributed by atoms with E-state index in [-0.39, 0.29) is 5.91 Å². The van der Waals surface area contributed by atoms with Crippen LogP contribution >= 0.6 is 0 Å². The molecule has 0 bridgehead atoms. The molecule has 0 unspecified atom stereocenters. The first-order valence-electron chi connectivity index (χ1n) is 9.31. The van der Waals surface area contributed by atoms with Gasteiger partial charge in [-0.25, -0.2) is 4.98 Å². The Balaban J connectivity index is 1.39. The van der Waals surface area contributed by atoms with Crippen LogP contribution in [-0.4, -0.2) is 64.5 Å². The molecule has 6 nitrogen and oxygen atoms in total. The highest BCUT2D eigenvalue weighted by Crippen LogP contribution is 2.14. The van der Waals surface area contributed by atoms with Crippen molar-refractivity contribution in [1.82, 2.24) is 19.4 Å². The van der Waals surface area contributed by atoms with Gasteiger partial charge in [0.1, 0.15) is 5.82 Å². The largest absolute Gasteiger partial charge is 0.334 e.